The number of aliphatic imine (C=N–C) groups is 1. The molecular weight excluding hydrogens is 392 g/mol. The van der Waals surface area contributed by atoms with E-state index in [0.29, 0.717) is 17.2 Å². The number of nitrogens with one attached hydrogen (secondary N) is 1. The van der Waals surface area contributed by atoms with Crippen LogP contribution in [0.3, 0.4) is 0 Å². The van der Waals surface area contributed by atoms with Gasteiger partial charge in [-0.25, -0.2) is 0 Å². The summed E-state index contributed by atoms with van der Waals surface area (Å²) < 4.78 is 16.4. The predicted octanol–water partition coefficient (Wildman–Crippen LogP) is 2.91. The van der Waals surface area contributed by atoms with Crippen molar-refractivity contribution in [3.8, 4) is 17.2 Å². The van der Waals surface area contributed by atoms with Gasteiger partial charge in [-0.2, -0.15) is 0 Å². The second kappa shape index (κ2) is 10.9. The molecule has 0 saturated carbocycles. The molecule has 0 spiro atoms. The Morgan fingerprint density at radius 3 is 2.16 bits per heavy atom. The summed E-state index contributed by atoms with van der Waals surface area (Å²) in [5, 5.41) is 3.50. The van der Waals surface area contributed by atoms with Crippen molar-refractivity contribution in [2.75, 3.05) is 54.6 Å². The van der Waals surface area contributed by atoms with E-state index in [2.05, 4.69) is 51.3 Å². The summed E-state index contributed by atoms with van der Waals surface area (Å²) in [6, 6.07) is 12.6. The second-order valence-electron chi connectivity index (χ2n) is 7.69. The van der Waals surface area contributed by atoms with Crippen LogP contribution < -0.4 is 19.5 Å². The first-order valence-electron chi connectivity index (χ1n) is 10.6. The monoisotopic (exact) mass is 426 g/mol. The average molecular weight is 427 g/mol. The fourth-order valence-corrected chi connectivity index (χ4v) is 3.94. The van der Waals surface area contributed by atoms with E-state index in [0.717, 1.165) is 50.8 Å². The number of nitrogens with zero attached hydrogens (tertiary/aromatic N) is 3. The maximum Gasteiger partial charge on any atom is 0.203 e. The molecule has 0 bridgehead atoms. The zero-order valence-electron chi connectivity index (χ0n) is 19.3. The summed E-state index contributed by atoms with van der Waals surface area (Å²) in [5.41, 5.74) is 3.68. The highest BCUT2D eigenvalue weighted by molar-refractivity contribution is 5.80. The SMILES string of the molecule is CN=C(NCc1cccc(C)c1)N1CCN(Cc2cc(OC)c(OC)c(OC)c2)CC1. The summed E-state index contributed by atoms with van der Waals surface area (Å²) >= 11 is 0. The molecule has 2 aromatic carbocycles. The van der Waals surface area contributed by atoms with Crippen LogP contribution in [0.25, 0.3) is 0 Å². The zero-order valence-corrected chi connectivity index (χ0v) is 19.3. The number of aryl methyl sites for hydroxylation is 1. The first-order valence-corrected chi connectivity index (χ1v) is 10.6. The Hall–Kier alpha value is -2.93. The minimum Gasteiger partial charge on any atom is -0.493 e. The highest BCUT2D eigenvalue weighted by Crippen LogP contribution is 2.38. The minimum atomic E-state index is 0.627. The lowest BCUT2D eigenvalue weighted by atomic mass is 10.1. The highest BCUT2D eigenvalue weighted by atomic mass is 16.5. The van der Waals surface area contributed by atoms with E-state index in [1.807, 2.05) is 19.2 Å². The molecule has 0 amide bonds. The van der Waals surface area contributed by atoms with Crippen molar-refractivity contribution in [1.82, 2.24) is 15.1 Å². The van der Waals surface area contributed by atoms with Crippen LogP contribution in [0, 0.1) is 6.92 Å². The zero-order chi connectivity index (χ0) is 22.2. The van der Waals surface area contributed by atoms with Crippen molar-refractivity contribution < 1.29 is 14.2 Å². The fraction of sp³-hybridized carbons (Fsp3) is 0.458. The van der Waals surface area contributed by atoms with Crippen molar-refractivity contribution in [3.63, 3.8) is 0 Å². The third kappa shape index (κ3) is 5.82. The van der Waals surface area contributed by atoms with Crippen LogP contribution in [-0.4, -0.2) is 70.3 Å². The number of benzene rings is 2. The molecule has 3 rings (SSSR count). The summed E-state index contributed by atoms with van der Waals surface area (Å²) in [5.74, 6) is 2.96. The third-order valence-corrected chi connectivity index (χ3v) is 5.55. The minimum absolute atomic E-state index is 0.627. The molecule has 168 valence electrons. The molecule has 0 atom stereocenters. The lowest BCUT2D eigenvalue weighted by Gasteiger charge is -2.36. The Balaban J connectivity index is 1.56. The van der Waals surface area contributed by atoms with E-state index >= 15 is 0 Å². The van der Waals surface area contributed by atoms with E-state index in [1.165, 1.54) is 11.1 Å². The van der Waals surface area contributed by atoms with Crippen molar-refractivity contribution in [2.45, 2.75) is 20.0 Å². The number of ether oxygens (including phenoxy) is 3. The number of guanidine groups is 1. The maximum atomic E-state index is 5.49. The Morgan fingerprint density at radius 2 is 1.61 bits per heavy atom. The van der Waals surface area contributed by atoms with Gasteiger partial charge < -0.3 is 24.4 Å². The van der Waals surface area contributed by atoms with Crippen LogP contribution in [-0.2, 0) is 13.1 Å². The molecule has 7 heteroatoms. The first kappa shape index (κ1) is 22.7. The summed E-state index contributed by atoms with van der Waals surface area (Å²) in [6.45, 7) is 7.50. The predicted molar refractivity (Wildman–Crippen MR) is 124 cm³/mol. The molecule has 31 heavy (non-hydrogen) atoms. The topological polar surface area (TPSA) is 58.6 Å². The standard InChI is InChI=1S/C24H34N4O3/c1-18-7-6-8-19(13-18)16-26-24(25-2)28-11-9-27(10-12-28)17-20-14-21(29-3)23(31-5)22(15-20)30-4/h6-8,13-15H,9-12,16-17H2,1-5H3,(H,25,26). The summed E-state index contributed by atoms with van der Waals surface area (Å²) in [7, 11) is 6.77. The molecule has 1 saturated heterocycles. The van der Waals surface area contributed by atoms with Gasteiger partial charge in [0, 0.05) is 46.3 Å². The Labute approximate surface area is 185 Å². The quantitative estimate of drug-likeness (QED) is 0.543. The third-order valence-electron chi connectivity index (χ3n) is 5.55. The van der Waals surface area contributed by atoms with Gasteiger partial charge >= 0.3 is 0 Å². The molecule has 7 nitrogen and oxygen atoms in total. The molecule has 0 unspecified atom stereocenters. The van der Waals surface area contributed by atoms with E-state index in [4.69, 9.17) is 14.2 Å². The van der Waals surface area contributed by atoms with Gasteiger partial charge in [0.1, 0.15) is 0 Å². The molecule has 1 fully saturated rings. The Kier molecular flexibility index (Phi) is 8.00. The van der Waals surface area contributed by atoms with Gasteiger partial charge in [-0.1, -0.05) is 29.8 Å². The number of rotatable bonds is 7. The molecule has 1 N–H and O–H groups in total. The van der Waals surface area contributed by atoms with Crippen molar-refractivity contribution in [3.05, 3.63) is 53.1 Å². The van der Waals surface area contributed by atoms with Crippen molar-refractivity contribution in [1.29, 1.82) is 0 Å². The van der Waals surface area contributed by atoms with E-state index in [9.17, 15) is 0 Å². The Bertz CT molecular complexity index is 867. The number of piperazine rings is 1. The molecular formula is C24H34N4O3. The van der Waals surface area contributed by atoms with E-state index in [-0.39, 0.29) is 0 Å². The summed E-state index contributed by atoms with van der Waals surface area (Å²) in [6.07, 6.45) is 0. The number of methoxy groups -OCH3 is 3. The molecule has 1 heterocycles. The van der Waals surface area contributed by atoms with Gasteiger partial charge in [-0.3, -0.25) is 9.89 Å². The molecule has 0 aromatic heterocycles. The number of hydrogen-bond acceptors (Lipinski definition) is 5. The second-order valence-corrected chi connectivity index (χ2v) is 7.69. The van der Waals surface area contributed by atoms with Crippen LogP contribution >= 0.6 is 0 Å². The van der Waals surface area contributed by atoms with E-state index < -0.39 is 0 Å². The van der Waals surface area contributed by atoms with Gasteiger partial charge in [0.05, 0.1) is 21.3 Å². The van der Waals surface area contributed by atoms with Crippen LogP contribution in [0.15, 0.2) is 41.4 Å². The normalized spacial score (nSPS) is 15.0. The molecule has 0 aliphatic carbocycles. The average Bonchev–Trinajstić information content (AvgIpc) is 2.79. The number of hydrogen-bond donors (Lipinski definition) is 1. The smallest absolute Gasteiger partial charge is 0.203 e. The van der Waals surface area contributed by atoms with Gasteiger partial charge in [-0.05, 0) is 30.2 Å². The lowest BCUT2D eigenvalue weighted by Crippen LogP contribution is -2.52. The van der Waals surface area contributed by atoms with Gasteiger partial charge in [-0.15, -0.1) is 0 Å². The largest absolute Gasteiger partial charge is 0.493 e. The first-order chi connectivity index (χ1) is 15.1. The van der Waals surface area contributed by atoms with Gasteiger partial charge in [0.15, 0.2) is 17.5 Å². The molecule has 1 aliphatic rings. The maximum absolute atomic E-state index is 5.49. The van der Waals surface area contributed by atoms with Crippen LogP contribution in [0.4, 0.5) is 0 Å². The highest BCUT2D eigenvalue weighted by Gasteiger charge is 2.21. The van der Waals surface area contributed by atoms with Crippen LogP contribution in [0.5, 0.6) is 17.2 Å². The van der Waals surface area contributed by atoms with Gasteiger partial charge in [0.2, 0.25) is 5.75 Å². The molecule has 1 aliphatic heterocycles. The van der Waals surface area contributed by atoms with Crippen LogP contribution in [0.1, 0.15) is 16.7 Å². The van der Waals surface area contributed by atoms with E-state index in [1.54, 1.807) is 21.3 Å². The van der Waals surface area contributed by atoms with Crippen molar-refractivity contribution >= 4 is 5.96 Å². The lowest BCUT2D eigenvalue weighted by molar-refractivity contribution is 0.172. The Morgan fingerprint density at radius 1 is 0.935 bits per heavy atom. The molecule has 2 aromatic rings. The van der Waals surface area contributed by atoms with Crippen LogP contribution in [0.2, 0.25) is 0 Å². The molecule has 0 radical (unpaired) electrons. The van der Waals surface area contributed by atoms with Gasteiger partial charge in [0.25, 0.3) is 0 Å². The van der Waals surface area contributed by atoms with Crippen molar-refractivity contribution in [2.24, 2.45) is 4.99 Å². The fourth-order valence-electron chi connectivity index (χ4n) is 3.94. The summed E-state index contributed by atoms with van der Waals surface area (Å²) in [4.78, 5) is 9.25.